The second-order valence-corrected chi connectivity index (χ2v) is 8.44. The minimum absolute atomic E-state index is 0.137. The van der Waals surface area contributed by atoms with Crippen LogP contribution in [0.2, 0.25) is 0 Å². The summed E-state index contributed by atoms with van der Waals surface area (Å²) in [6.07, 6.45) is 5.51. The van der Waals surface area contributed by atoms with Gasteiger partial charge in [0.2, 0.25) is 11.8 Å². The van der Waals surface area contributed by atoms with Crippen molar-refractivity contribution >= 4 is 34.8 Å². The Hall–Kier alpha value is -4.21. The number of nitrogens with one attached hydrogen (secondary N) is 2. The number of likely N-dealkylation sites (tertiary alicyclic amines) is 1. The molecule has 182 valence electrons. The molecule has 0 bridgehead atoms. The van der Waals surface area contributed by atoms with E-state index in [9.17, 15) is 24.5 Å². The lowest BCUT2D eigenvalue weighted by Gasteiger charge is -2.15. The molecule has 35 heavy (non-hydrogen) atoms. The minimum Gasteiger partial charge on any atom is -0.497 e. The number of nitrogens with zero attached hydrogens (tertiary/aromatic N) is 2. The maximum atomic E-state index is 12.6. The zero-order valence-corrected chi connectivity index (χ0v) is 19.2. The number of anilines is 2. The van der Waals surface area contributed by atoms with Crippen molar-refractivity contribution < 1.29 is 24.0 Å². The third-order valence-electron chi connectivity index (χ3n) is 6.28. The number of methoxy groups -OCH3 is 1. The number of nitro groups is 1. The smallest absolute Gasteiger partial charge is 0.293 e. The Balaban J connectivity index is 1.35. The number of allylic oxidation sites excluding steroid dienone is 2. The summed E-state index contributed by atoms with van der Waals surface area (Å²) in [7, 11) is 1.54. The van der Waals surface area contributed by atoms with Crippen LogP contribution in [0.25, 0.3) is 0 Å². The molecule has 1 saturated heterocycles. The van der Waals surface area contributed by atoms with E-state index in [2.05, 4.69) is 10.6 Å². The van der Waals surface area contributed by atoms with E-state index in [1.165, 1.54) is 30.2 Å². The van der Waals surface area contributed by atoms with Gasteiger partial charge in [-0.2, -0.15) is 0 Å². The zero-order valence-electron chi connectivity index (χ0n) is 19.2. The maximum Gasteiger partial charge on any atom is 0.293 e. The molecule has 4 rings (SSSR count). The molecule has 2 aromatic carbocycles. The molecule has 2 N–H and O–H groups in total. The lowest BCUT2D eigenvalue weighted by atomic mass is 9.85. The number of carbonyl (C=O) groups is 3. The number of carbonyl (C=O) groups excluding carboxylic acids is 3. The molecule has 0 spiro atoms. The SMILES string of the molecule is COc1ccc(NC(=O)c2ccc(NCCCN3C(=O)[C@H]4CC=CC[C@@H]4C3=O)c([N+](=O)[O-])c2)cc1. The molecule has 0 aromatic heterocycles. The average molecular weight is 479 g/mol. The van der Waals surface area contributed by atoms with Crippen LogP contribution in [-0.2, 0) is 9.59 Å². The Bertz CT molecular complexity index is 1150. The first-order valence-electron chi connectivity index (χ1n) is 11.4. The normalized spacial score (nSPS) is 18.8. The number of ether oxygens (including phenoxy) is 1. The van der Waals surface area contributed by atoms with E-state index in [-0.39, 0.29) is 47.1 Å². The molecule has 3 amide bonds. The van der Waals surface area contributed by atoms with Gasteiger partial charge >= 0.3 is 0 Å². The quantitative estimate of drug-likeness (QED) is 0.185. The van der Waals surface area contributed by atoms with Gasteiger partial charge in [-0.15, -0.1) is 0 Å². The van der Waals surface area contributed by atoms with Crippen molar-refractivity contribution in [2.75, 3.05) is 30.8 Å². The largest absolute Gasteiger partial charge is 0.497 e. The Morgan fingerprint density at radius 1 is 1.09 bits per heavy atom. The van der Waals surface area contributed by atoms with Crippen LogP contribution in [0.15, 0.2) is 54.6 Å². The molecule has 1 heterocycles. The van der Waals surface area contributed by atoms with Gasteiger partial charge in [0, 0.05) is 30.4 Å². The summed E-state index contributed by atoms with van der Waals surface area (Å²) in [5, 5.41) is 17.3. The van der Waals surface area contributed by atoms with Crippen molar-refractivity contribution in [1.82, 2.24) is 4.90 Å². The Morgan fingerprint density at radius 3 is 2.34 bits per heavy atom. The molecular formula is C25H26N4O6. The molecule has 10 heteroatoms. The van der Waals surface area contributed by atoms with E-state index in [4.69, 9.17) is 4.74 Å². The summed E-state index contributed by atoms with van der Waals surface area (Å²) in [6, 6.07) is 10.9. The van der Waals surface area contributed by atoms with Crippen molar-refractivity contribution in [1.29, 1.82) is 0 Å². The van der Waals surface area contributed by atoms with Crippen LogP contribution in [0.4, 0.5) is 17.1 Å². The number of rotatable bonds is 9. The number of amides is 3. The molecule has 0 radical (unpaired) electrons. The third-order valence-corrected chi connectivity index (χ3v) is 6.28. The molecule has 0 unspecified atom stereocenters. The number of benzene rings is 2. The van der Waals surface area contributed by atoms with Crippen LogP contribution in [-0.4, -0.2) is 47.7 Å². The monoisotopic (exact) mass is 478 g/mol. The van der Waals surface area contributed by atoms with E-state index < -0.39 is 10.8 Å². The second kappa shape index (κ2) is 10.4. The van der Waals surface area contributed by atoms with Gasteiger partial charge in [0.15, 0.2) is 0 Å². The van der Waals surface area contributed by atoms with Gasteiger partial charge in [-0.3, -0.25) is 29.4 Å². The Morgan fingerprint density at radius 2 is 1.74 bits per heavy atom. The van der Waals surface area contributed by atoms with Crippen LogP contribution >= 0.6 is 0 Å². The van der Waals surface area contributed by atoms with E-state index in [0.717, 1.165) is 0 Å². The Kier molecular flexibility index (Phi) is 7.09. The highest BCUT2D eigenvalue weighted by atomic mass is 16.6. The lowest BCUT2D eigenvalue weighted by molar-refractivity contribution is -0.384. The van der Waals surface area contributed by atoms with Crippen molar-refractivity contribution in [2.24, 2.45) is 11.8 Å². The van der Waals surface area contributed by atoms with Crippen LogP contribution in [0.3, 0.4) is 0 Å². The van der Waals surface area contributed by atoms with Crippen molar-refractivity contribution in [2.45, 2.75) is 19.3 Å². The first kappa shape index (κ1) is 23.9. The molecule has 2 aliphatic rings. The molecule has 2 atom stereocenters. The van der Waals surface area contributed by atoms with E-state index in [0.29, 0.717) is 37.2 Å². The van der Waals surface area contributed by atoms with Gasteiger partial charge in [-0.05, 0) is 55.7 Å². The standard InChI is InChI=1S/C25H26N4O6/c1-35-18-10-8-17(9-11-18)27-23(30)16-7-12-21(22(15-16)29(33)34)26-13-4-14-28-24(31)19-5-2-3-6-20(19)25(28)32/h2-3,7-12,15,19-20,26H,4-6,13-14H2,1H3,(H,27,30)/t19-,20-/m0/s1. The Labute approximate surface area is 202 Å². The highest BCUT2D eigenvalue weighted by molar-refractivity contribution is 6.06. The molecule has 1 aliphatic carbocycles. The summed E-state index contributed by atoms with van der Waals surface area (Å²) in [5.74, 6) is -0.642. The van der Waals surface area contributed by atoms with E-state index >= 15 is 0 Å². The number of hydrogen-bond donors (Lipinski definition) is 2. The summed E-state index contributed by atoms with van der Waals surface area (Å²) in [5.41, 5.74) is 0.690. The number of nitro benzene ring substituents is 1. The fourth-order valence-corrected chi connectivity index (χ4v) is 4.40. The highest BCUT2D eigenvalue weighted by Gasteiger charge is 2.46. The second-order valence-electron chi connectivity index (χ2n) is 8.44. The van der Waals surface area contributed by atoms with Crippen LogP contribution < -0.4 is 15.4 Å². The fraction of sp³-hybridized carbons (Fsp3) is 0.320. The number of fused-ring (bicyclic) bond motifs is 1. The highest BCUT2D eigenvalue weighted by Crippen LogP contribution is 2.35. The van der Waals surface area contributed by atoms with Gasteiger partial charge in [-0.25, -0.2) is 0 Å². The van der Waals surface area contributed by atoms with Crippen LogP contribution in [0, 0.1) is 22.0 Å². The third kappa shape index (κ3) is 5.16. The molecular weight excluding hydrogens is 452 g/mol. The predicted octanol–water partition coefficient (Wildman–Crippen LogP) is 3.61. The summed E-state index contributed by atoms with van der Waals surface area (Å²) in [4.78, 5) is 50.0. The van der Waals surface area contributed by atoms with Crippen molar-refractivity contribution in [3.63, 3.8) is 0 Å². The molecule has 1 aliphatic heterocycles. The predicted molar refractivity (Wildman–Crippen MR) is 129 cm³/mol. The summed E-state index contributed by atoms with van der Waals surface area (Å²) >= 11 is 0. The maximum absolute atomic E-state index is 12.6. The molecule has 2 aromatic rings. The van der Waals surface area contributed by atoms with Crippen LogP contribution in [0.1, 0.15) is 29.6 Å². The topological polar surface area (TPSA) is 131 Å². The average Bonchev–Trinajstić information content (AvgIpc) is 3.11. The fourth-order valence-electron chi connectivity index (χ4n) is 4.40. The van der Waals surface area contributed by atoms with Crippen molar-refractivity contribution in [3.8, 4) is 5.75 Å². The first-order chi connectivity index (χ1) is 16.9. The van der Waals surface area contributed by atoms with Gasteiger partial charge < -0.3 is 15.4 Å². The lowest BCUT2D eigenvalue weighted by Crippen LogP contribution is -2.33. The number of imide groups is 1. The van der Waals surface area contributed by atoms with Gasteiger partial charge in [-0.1, -0.05) is 12.2 Å². The van der Waals surface area contributed by atoms with E-state index in [1.54, 1.807) is 24.3 Å². The summed E-state index contributed by atoms with van der Waals surface area (Å²) < 4.78 is 5.08. The number of hydrogen-bond acceptors (Lipinski definition) is 7. The molecule has 10 nitrogen and oxygen atoms in total. The van der Waals surface area contributed by atoms with Crippen LogP contribution in [0.5, 0.6) is 5.75 Å². The molecule has 1 fully saturated rings. The molecule has 0 saturated carbocycles. The van der Waals surface area contributed by atoms with E-state index in [1.807, 2.05) is 12.2 Å². The first-order valence-corrected chi connectivity index (χ1v) is 11.4. The summed E-state index contributed by atoms with van der Waals surface area (Å²) in [6.45, 7) is 0.580. The van der Waals surface area contributed by atoms with Gasteiger partial charge in [0.25, 0.3) is 11.6 Å². The zero-order chi connectivity index (χ0) is 24.9. The van der Waals surface area contributed by atoms with Gasteiger partial charge in [0.1, 0.15) is 11.4 Å². The van der Waals surface area contributed by atoms with Crippen molar-refractivity contribution in [3.05, 3.63) is 70.3 Å². The minimum atomic E-state index is -0.558. The van der Waals surface area contributed by atoms with Gasteiger partial charge in [0.05, 0.1) is 23.9 Å².